The Kier molecular flexibility index (Phi) is 5.01. The SMILES string of the molecule is Cc1cc2oc(=O)cc(COC(=O)Cn3[nH]c(=O)c4ccccc4c3=O)c2cc1Cl. The predicted molar refractivity (Wildman–Crippen MR) is 111 cm³/mol. The summed E-state index contributed by atoms with van der Waals surface area (Å²) in [6.45, 7) is 1.06. The van der Waals surface area contributed by atoms with Gasteiger partial charge in [0.05, 0.1) is 10.8 Å². The summed E-state index contributed by atoms with van der Waals surface area (Å²) in [4.78, 5) is 48.7. The predicted octanol–water partition coefficient (Wildman–Crippen LogP) is 2.50. The number of fused-ring (bicyclic) bond motifs is 2. The lowest BCUT2D eigenvalue weighted by Crippen LogP contribution is -2.32. The van der Waals surface area contributed by atoms with E-state index in [9.17, 15) is 19.2 Å². The lowest BCUT2D eigenvalue weighted by Gasteiger charge is -2.10. The van der Waals surface area contributed by atoms with Gasteiger partial charge in [0.1, 0.15) is 18.7 Å². The fraction of sp³-hybridized carbons (Fsp3) is 0.143. The van der Waals surface area contributed by atoms with Crippen LogP contribution in [0, 0.1) is 6.92 Å². The lowest BCUT2D eigenvalue weighted by atomic mass is 10.1. The molecule has 0 saturated carbocycles. The first-order chi connectivity index (χ1) is 14.3. The average Bonchev–Trinajstić information content (AvgIpc) is 2.71. The van der Waals surface area contributed by atoms with E-state index < -0.39 is 29.3 Å². The Morgan fingerprint density at radius 3 is 2.60 bits per heavy atom. The molecule has 1 N–H and O–H groups in total. The van der Waals surface area contributed by atoms with E-state index in [0.29, 0.717) is 21.6 Å². The van der Waals surface area contributed by atoms with Gasteiger partial charge in [-0.3, -0.25) is 19.5 Å². The number of esters is 1. The zero-order valence-corrected chi connectivity index (χ0v) is 16.5. The molecule has 4 aromatic rings. The minimum Gasteiger partial charge on any atom is -0.459 e. The van der Waals surface area contributed by atoms with Crippen LogP contribution in [0.25, 0.3) is 21.7 Å². The van der Waals surface area contributed by atoms with Crippen molar-refractivity contribution in [1.29, 1.82) is 0 Å². The highest BCUT2D eigenvalue weighted by Crippen LogP contribution is 2.25. The second kappa shape index (κ2) is 7.64. The molecule has 2 heterocycles. The summed E-state index contributed by atoms with van der Waals surface area (Å²) in [7, 11) is 0. The molecular formula is C21H15ClN2O6. The number of H-pyrrole nitrogens is 1. The van der Waals surface area contributed by atoms with Crippen molar-refractivity contribution in [3.8, 4) is 0 Å². The number of carbonyl (C=O) groups excluding carboxylic acids is 1. The van der Waals surface area contributed by atoms with Crippen LogP contribution in [0.3, 0.4) is 0 Å². The molecule has 152 valence electrons. The van der Waals surface area contributed by atoms with E-state index >= 15 is 0 Å². The van der Waals surface area contributed by atoms with Crippen LogP contribution in [0.4, 0.5) is 0 Å². The van der Waals surface area contributed by atoms with Crippen LogP contribution < -0.4 is 16.7 Å². The minimum absolute atomic E-state index is 0.200. The Balaban J connectivity index is 1.59. The van der Waals surface area contributed by atoms with Gasteiger partial charge in [0.25, 0.3) is 11.1 Å². The van der Waals surface area contributed by atoms with E-state index in [2.05, 4.69) is 5.10 Å². The summed E-state index contributed by atoms with van der Waals surface area (Å²) in [5.41, 5.74) is -0.127. The fourth-order valence-corrected chi connectivity index (χ4v) is 3.32. The molecule has 0 bridgehead atoms. The van der Waals surface area contributed by atoms with Gasteiger partial charge in [-0.05, 0) is 36.8 Å². The number of rotatable bonds is 4. The van der Waals surface area contributed by atoms with Crippen molar-refractivity contribution in [3.05, 3.63) is 89.7 Å². The topological polar surface area (TPSA) is 111 Å². The number of carbonyl (C=O) groups is 1. The quantitative estimate of drug-likeness (QED) is 0.396. The van der Waals surface area contributed by atoms with Gasteiger partial charge in [-0.25, -0.2) is 9.48 Å². The maximum absolute atomic E-state index is 12.5. The maximum atomic E-state index is 12.5. The minimum atomic E-state index is -0.761. The van der Waals surface area contributed by atoms with E-state index in [0.717, 1.165) is 10.2 Å². The van der Waals surface area contributed by atoms with E-state index in [-0.39, 0.29) is 17.4 Å². The zero-order chi connectivity index (χ0) is 21.4. The molecule has 8 nitrogen and oxygen atoms in total. The van der Waals surface area contributed by atoms with Crippen molar-refractivity contribution in [2.24, 2.45) is 0 Å². The van der Waals surface area contributed by atoms with Gasteiger partial charge in [-0.1, -0.05) is 23.7 Å². The number of benzene rings is 2. The molecule has 0 fully saturated rings. The second-order valence-corrected chi connectivity index (χ2v) is 7.13. The number of aromatic nitrogens is 2. The summed E-state index contributed by atoms with van der Waals surface area (Å²) in [6, 6.07) is 10.8. The summed E-state index contributed by atoms with van der Waals surface area (Å²) in [5, 5.41) is 3.82. The summed E-state index contributed by atoms with van der Waals surface area (Å²) < 4.78 is 11.3. The second-order valence-electron chi connectivity index (χ2n) is 6.73. The highest BCUT2D eigenvalue weighted by Gasteiger charge is 2.13. The molecule has 0 atom stereocenters. The number of hydrogen-bond acceptors (Lipinski definition) is 6. The normalized spacial score (nSPS) is 11.1. The summed E-state index contributed by atoms with van der Waals surface area (Å²) in [6.07, 6.45) is 0. The van der Waals surface area contributed by atoms with Crippen LogP contribution in [-0.2, 0) is 22.7 Å². The number of nitrogens with one attached hydrogen (secondary N) is 1. The lowest BCUT2D eigenvalue weighted by molar-refractivity contribution is -0.145. The first-order valence-corrected chi connectivity index (χ1v) is 9.31. The number of hydrogen-bond donors (Lipinski definition) is 1. The van der Waals surface area contributed by atoms with Crippen LogP contribution >= 0.6 is 11.6 Å². The Morgan fingerprint density at radius 2 is 1.83 bits per heavy atom. The number of nitrogens with zero attached hydrogens (tertiary/aromatic N) is 1. The highest BCUT2D eigenvalue weighted by atomic mass is 35.5. The highest BCUT2D eigenvalue weighted by molar-refractivity contribution is 6.32. The van der Waals surface area contributed by atoms with Crippen molar-refractivity contribution < 1.29 is 13.9 Å². The Labute approximate surface area is 173 Å². The van der Waals surface area contributed by atoms with Gasteiger partial charge in [0.15, 0.2) is 0 Å². The smallest absolute Gasteiger partial charge is 0.336 e. The Bertz CT molecular complexity index is 1480. The Morgan fingerprint density at radius 1 is 1.10 bits per heavy atom. The van der Waals surface area contributed by atoms with Crippen LogP contribution in [0.1, 0.15) is 11.1 Å². The molecule has 0 spiro atoms. The molecule has 9 heteroatoms. The van der Waals surface area contributed by atoms with Crippen LogP contribution in [-0.4, -0.2) is 15.7 Å². The molecule has 30 heavy (non-hydrogen) atoms. The molecule has 4 rings (SSSR count). The Hall–Kier alpha value is -3.65. The van der Waals surface area contributed by atoms with Gasteiger partial charge in [0, 0.05) is 22.0 Å². The molecule has 0 aliphatic rings. The number of aromatic amines is 1. The fourth-order valence-electron chi connectivity index (χ4n) is 3.16. The molecular weight excluding hydrogens is 412 g/mol. The summed E-state index contributed by atoms with van der Waals surface area (Å²) >= 11 is 6.15. The molecule has 2 aromatic carbocycles. The standard InChI is InChI=1S/C21H15ClN2O6/c1-11-6-17-15(8-16(11)22)12(7-18(25)30-17)10-29-19(26)9-24-21(28)14-5-3-2-4-13(14)20(27)23-24/h2-8H,9-10H2,1H3,(H,23,27). The van der Waals surface area contributed by atoms with E-state index in [4.69, 9.17) is 20.8 Å². The molecule has 0 amide bonds. The average molecular weight is 427 g/mol. The third-order valence-corrected chi connectivity index (χ3v) is 5.08. The third-order valence-electron chi connectivity index (χ3n) is 4.67. The molecule has 0 aliphatic carbocycles. The molecule has 0 radical (unpaired) electrons. The molecule has 0 saturated heterocycles. The summed E-state index contributed by atoms with van der Waals surface area (Å²) in [5.74, 6) is -0.761. The maximum Gasteiger partial charge on any atom is 0.336 e. The van der Waals surface area contributed by atoms with Crippen molar-refractivity contribution in [2.45, 2.75) is 20.1 Å². The van der Waals surface area contributed by atoms with Crippen molar-refractivity contribution >= 4 is 39.3 Å². The van der Waals surface area contributed by atoms with Gasteiger partial charge >= 0.3 is 11.6 Å². The van der Waals surface area contributed by atoms with Crippen LogP contribution in [0.15, 0.2) is 61.3 Å². The van der Waals surface area contributed by atoms with Gasteiger partial charge in [-0.15, -0.1) is 0 Å². The van der Waals surface area contributed by atoms with Gasteiger partial charge in [-0.2, -0.15) is 0 Å². The number of halogens is 1. The van der Waals surface area contributed by atoms with Crippen LogP contribution in [0.5, 0.6) is 0 Å². The van der Waals surface area contributed by atoms with Crippen molar-refractivity contribution in [3.63, 3.8) is 0 Å². The third kappa shape index (κ3) is 3.65. The number of aryl methyl sites for hydroxylation is 1. The molecule has 2 aromatic heterocycles. The zero-order valence-electron chi connectivity index (χ0n) is 15.7. The van der Waals surface area contributed by atoms with E-state index in [1.54, 1.807) is 31.2 Å². The van der Waals surface area contributed by atoms with E-state index in [1.165, 1.54) is 18.2 Å². The molecule has 0 aliphatic heterocycles. The monoisotopic (exact) mass is 426 g/mol. The van der Waals surface area contributed by atoms with Crippen molar-refractivity contribution in [1.82, 2.24) is 9.78 Å². The van der Waals surface area contributed by atoms with E-state index in [1.807, 2.05) is 0 Å². The number of ether oxygens (including phenoxy) is 1. The van der Waals surface area contributed by atoms with Gasteiger partial charge < -0.3 is 9.15 Å². The van der Waals surface area contributed by atoms with Crippen LogP contribution in [0.2, 0.25) is 5.02 Å². The van der Waals surface area contributed by atoms with Gasteiger partial charge in [0.2, 0.25) is 0 Å². The largest absolute Gasteiger partial charge is 0.459 e. The molecule has 0 unspecified atom stereocenters. The first-order valence-electron chi connectivity index (χ1n) is 8.94. The van der Waals surface area contributed by atoms with Crippen molar-refractivity contribution in [2.75, 3.05) is 0 Å². The first kappa shape index (κ1) is 19.7.